The number of carbonyl (C=O) groups is 2. The molecule has 0 aromatic heterocycles. The summed E-state index contributed by atoms with van der Waals surface area (Å²) < 4.78 is 9.90. The van der Waals surface area contributed by atoms with Gasteiger partial charge in [-0.25, -0.2) is 0 Å². The van der Waals surface area contributed by atoms with Gasteiger partial charge in [-0.3, -0.25) is 19.7 Å². The van der Waals surface area contributed by atoms with E-state index in [4.69, 9.17) is 9.47 Å². The Bertz CT molecular complexity index is 822. The maximum Gasteiger partial charge on any atom is 0.306 e. The van der Waals surface area contributed by atoms with Gasteiger partial charge in [-0.1, -0.05) is 37.3 Å². The molecule has 1 amide bonds. The minimum absolute atomic E-state index is 0.000461. The number of anilines is 1. The number of hydrogen-bond donors (Lipinski definition) is 1. The fraction of sp³-hybridized carbons (Fsp3) is 0.263. The highest BCUT2D eigenvalue weighted by Crippen LogP contribution is 2.28. The molecule has 8 nitrogen and oxygen atoms in total. The molecule has 8 heteroatoms. The Labute approximate surface area is 156 Å². The number of amides is 1. The van der Waals surface area contributed by atoms with Gasteiger partial charge in [0.25, 0.3) is 11.6 Å². The van der Waals surface area contributed by atoms with Crippen molar-refractivity contribution in [3.05, 3.63) is 64.2 Å². The van der Waals surface area contributed by atoms with Gasteiger partial charge in [-0.2, -0.15) is 0 Å². The molecule has 27 heavy (non-hydrogen) atoms. The lowest BCUT2D eigenvalue weighted by atomic mass is 9.98. The normalized spacial score (nSPS) is 11.3. The zero-order valence-electron chi connectivity index (χ0n) is 15.0. The van der Waals surface area contributed by atoms with E-state index in [-0.39, 0.29) is 23.7 Å². The van der Waals surface area contributed by atoms with Gasteiger partial charge >= 0.3 is 5.97 Å². The molecule has 2 rings (SSSR count). The first kappa shape index (κ1) is 19.9. The number of nitrogens with one attached hydrogen (secondary N) is 1. The average Bonchev–Trinajstić information content (AvgIpc) is 2.67. The quantitative estimate of drug-likeness (QED) is 0.433. The molecule has 1 atom stereocenters. The van der Waals surface area contributed by atoms with E-state index in [0.29, 0.717) is 5.75 Å². The molecule has 0 aliphatic carbocycles. The summed E-state index contributed by atoms with van der Waals surface area (Å²) in [7, 11) is 1.38. The minimum atomic E-state index is -0.663. The van der Waals surface area contributed by atoms with Crippen LogP contribution in [-0.4, -0.2) is 30.5 Å². The van der Waals surface area contributed by atoms with Crippen molar-refractivity contribution in [3.8, 4) is 5.75 Å². The standard InChI is InChI=1S/C19H20N2O6/c1-13(14-6-4-3-5-7-14)10-19(23)27-12-18(22)20-16-9-8-15(26-2)11-17(16)21(24)25/h3-9,11,13H,10,12H2,1-2H3,(H,20,22). The maximum atomic E-state index is 12.0. The van der Waals surface area contributed by atoms with E-state index in [1.165, 1.54) is 25.3 Å². The number of nitrogens with zero attached hydrogens (tertiary/aromatic N) is 1. The maximum absolute atomic E-state index is 12.0. The Morgan fingerprint density at radius 3 is 2.52 bits per heavy atom. The second-order valence-electron chi connectivity index (χ2n) is 5.86. The molecule has 2 aromatic carbocycles. The van der Waals surface area contributed by atoms with E-state index >= 15 is 0 Å². The van der Waals surface area contributed by atoms with Crippen molar-refractivity contribution < 1.29 is 24.0 Å². The number of nitro benzene ring substituents is 1. The SMILES string of the molecule is COc1ccc(NC(=O)COC(=O)CC(C)c2ccccc2)c([N+](=O)[O-])c1. The molecule has 0 heterocycles. The van der Waals surface area contributed by atoms with Gasteiger partial charge in [0.15, 0.2) is 6.61 Å². The third-order valence-electron chi connectivity index (χ3n) is 3.88. The first-order valence-corrected chi connectivity index (χ1v) is 8.23. The Hall–Kier alpha value is -3.42. The van der Waals surface area contributed by atoms with Gasteiger partial charge in [-0.15, -0.1) is 0 Å². The van der Waals surface area contributed by atoms with Crippen molar-refractivity contribution in [1.29, 1.82) is 0 Å². The summed E-state index contributed by atoms with van der Waals surface area (Å²) in [6.45, 7) is 1.36. The smallest absolute Gasteiger partial charge is 0.306 e. The van der Waals surface area contributed by atoms with Crippen molar-refractivity contribution in [3.63, 3.8) is 0 Å². The van der Waals surface area contributed by atoms with Crippen molar-refractivity contribution in [2.45, 2.75) is 19.3 Å². The molecule has 0 bridgehead atoms. The van der Waals surface area contributed by atoms with Crippen LogP contribution in [-0.2, 0) is 14.3 Å². The number of ether oxygens (including phenoxy) is 2. The summed E-state index contributed by atoms with van der Waals surface area (Å²) in [4.78, 5) is 34.3. The number of hydrogen-bond acceptors (Lipinski definition) is 6. The van der Waals surface area contributed by atoms with Gasteiger partial charge in [0.05, 0.1) is 24.5 Å². The lowest BCUT2D eigenvalue weighted by Gasteiger charge is -2.12. The number of nitro groups is 1. The van der Waals surface area contributed by atoms with E-state index in [0.717, 1.165) is 5.56 Å². The van der Waals surface area contributed by atoms with Crippen LogP contribution in [0.3, 0.4) is 0 Å². The molecule has 0 saturated heterocycles. The molecule has 142 valence electrons. The Morgan fingerprint density at radius 1 is 1.19 bits per heavy atom. The monoisotopic (exact) mass is 372 g/mol. The van der Waals surface area contributed by atoms with E-state index in [9.17, 15) is 19.7 Å². The van der Waals surface area contributed by atoms with Gasteiger partial charge < -0.3 is 14.8 Å². The number of esters is 1. The zero-order valence-corrected chi connectivity index (χ0v) is 15.0. The number of rotatable bonds is 8. The van der Waals surface area contributed by atoms with E-state index in [1.807, 2.05) is 37.3 Å². The van der Waals surface area contributed by atoms with Crippen LogP contribution in [0.4, 0.5) is 11.4 Å². The van der Waals surface area contributed by atoms with Crippen molar-refractivity contribution in [2.24, 2.45) is 0 Å². The summed E-state index contributed by atoms with van der Waals surface area (Å²) in [5.41, 5.74) is 0.680. The Morgan fingerprint density at radius 2 is 1.89 bits per heavy atom. The van der Waals surface area contributed by atoms with E-state index < -0.39 is 23.4 Å². The summed E-state index contributed by atoms with van der Waals surface area (Å²) in [6, 6.07) is 13.5. The van der Waals surface area contributed by atoms with Crippen LogP contribution in [0.5, 0.6) is 5.75 Å². The van der Waals surface area contributed by atoms with Crippen LogP contribution in [0.15, 0.2) is 48.5 Å². The Kier molecular flexibility index (Phi) is 6.87. The molecule has 0 radical (unpaired) electrons. The zero-order chi connectivity index (χ0) is 19.8. The lowest BCUT2D eigenvalue weighted by molar-refractivity contribution is -0.384. The molecule has 1 N–H and O–H groups in total. The number of benzene rings is 2. The fourth-order valence-electron chi connectivity index (χ4n) is 2.44. The van der Waals surface area contributed by atoms with Crippen molar-refractivity contribution >= 4 is 23.3 Å². The van der Waals surface area contributed by atoms with E-state index in [2.05, 4.69) is 5.32 Å². The van der Waals surface area contributed by atoms with Gasteiger partial charge in [0, 0.05) is 0 Å². The van der Waals surface area contributed by atoms with Crippen LogP contribution >= 0.6 is 0 Å². The number of methoxy groups -OCH3 is 1. The summed E-state index contributed by atoms with van der Waals surface area (Å²) in [6.07, 6.45) is 0.125. The van der Waals surface area contributed by atoms with Crippen LogP contribution in [0.1, 0.15) is 24.8 Å². The summed E-state index contributed by atoms with van der Waals surface area (Å²) >= 11 is 0. The average molecular weight is 372 g/mol. The molecule has 0 aliphatic heterocycles. The van der Waals surface area contributed by atoms with Crippen LogP contribution in [0, 0.1) is 10.1 Å². The molecule has 0 aliphatic rings. The first-order valence-electron chi connectivity index (χ1n) is 8.23. The van der Waals surface area contributed by atoms with Crippen LogP contribution in [0.25, 0.3) is 0 Å². The molecule has 0 spiro atoms. The highest BCUT2D eigenvalue weighted by atomic mass is 16.6. The highest BCUT2D eigenvalue weighted by Gasteiger charge is 2.18. The van der Waals surface area contributed by atoms with Gasteiger partial charge in [0.1, 0.15) is 11.4 Å². The van der Waals surface area contributed by atoms with Crippen LogP contribution in [0.2, 0.25) is 0 Å². The lowest BCUT2D eigenvalue weighted by Crippen LogP contribution is -2.22. The topological polar surface area (TPSA) is 108 Å². The van der Waals surface area contributed by atoms with E-state index in [1.54, 1.807) is 0 Å². The second kappa shape index (κ2) is 9.33. The second-order valence-corrected chi connectivity index (χ2v) is 5.86. The summed E-state index contributed by atoms with van der Waals surface area (Å²) in [5, 5.41) is 13.5. The molecular weight excluding hydrogens is 352 g/mol. The third-order valence-corrected chi connectivity index (χ3v) is 3.88. The Balaban J connectivity index is 1.89. The highest BCUT2D eigenvalue weighted by molar-refractivity contribution is 5.95. The van der Waals surface area contributed by atoms with Crippen LogP contribution < -0.4 is 10.1 Å². The predicted molar refractivity (Wildman–Crippen MR) is 98.7 cm³/mol. The molecule has 1 unspecified atom stereocenters. The molecular formula is C19H20N2O6. The van der Waals surface area contributed by atoms with Gasteiger partial charge in [0.2, 0.25) is 0 Å². The van der Waals surface area contributed by atoms with Crippen molar-refractivity contribution in [2.75, 3.05) is 19.0 Å². The fourth-order valence-corrected chi connectivity index (χ4v) is 2.44. The largest absolute Gasteiger partial charge is 0.496 e. The predicted octanol–water partition coefficient (Wildman–Crippen LogP) is 3.28. The third kappa shape index (κ3) is 5.81. The molecule has 0 fully saturated rings. The molecule has 2 aromatic rings. The minimum Gasteiger partial charge on any atom is -0.496 e. The summed E-state index contributed by atoms with van der Waals surface area (Å²) in [5.74, 6) is -0.944. The van der Waals surface area contributed by atoms with Crippen molar-refractivity contribution in [1.82, 2.24) is 0 Å². The molecule has 0 saturated carbocycles. The number of carbonyl (C=O) groups excluding carboxylic acids is 2. The first-order chi connectivity index (χ1) is 12.9. The van der Waals surface area contributed by atoms with Gasteiger partial charge in [-0.05, 0) is 23.6 Å².